The number of benzene rings is 2. The van der Waals surface area contributed by atoms with Gasteiger partial charge in [0.2, 0.25) is 11.8 Å². The number of aliphatic imine (C=N–C) groups is 1. The second-order valence-corrected chi connectivity index (χ2v) is 11.3. The van der Waals surface area contributed by atoms with Crippen LogP contribution in [-0.2, 0) is 34.8 Å². The van der Waals surface area contributed by atoms with Gasteiger partial charge in [0, 0.05) is 29.7 Å². The lowest BCUT2D eigenvalue weighted by Gasteiger charge is -2.22. The highest BCUT2D eigenvalue weighted by Gasteiger charge is 2.38. The fourth-order valence-electron chi connectivity index (χ4n) is 5.24. The van der Waals surface area contributed by atoms with Crippen molar-refractivity contribution in [1.82, 2.24) is 14.8 Å². The average molecular weight is 724 g/mol. The van der Waals surface area contributed by atoms with E-state index in [-0.39, 0.29) is 31.1 Å². The molecule has 1 aliphatic heterocycles. The number of amides is 2. The van der Waals surface area contributed by atoms with E-state index < -0.39 is 59.6 Å². The summed E-state index contributed by atoms with van der Waals surface area (Å²) < 4.78 is 109. The number of anilines is 1. The van der Waals surface area contributed by atoms with Crippen LogP contribution >= 0.6 is 0 Å². The summed E-state index contributed by atoms with van der Waals surface area (Å²) in [5.74, 6) is 3.23. The molecule has 1 radical (unpaired) electrons. The first-order chi connectivity index (χ1) is 24.7. The number of alkyl halides is 6. The summed E-state index contributed by atoms with van der Waals surface area (Å²) >= 11 is 0. The van der Waals surface area contributed by atoms with Crippen molar-refractivity contribution in [3.8, 4) is 11.8 Å². The average Bonchev–Trinajstić information content (AvgIpc) is 3.87. The first kappa shape index (κ1) is 37.4. The molecule has 2 N–H and O–H groups in total. The number of allylic oxidation sites excluding steroid dienone is 2. The smallest absolute Gasteiger partial charge is 0.362 e. The van der Waals surface area contributed by atoms with Gasteiger partial charge in [0.05, 0.1) is 47.7 Å². The molecule has 0 fully saturated rings. The van der Waals surface area contributed by atoms with Crippen LogP contribution in [0.3, 0.4) is 0 Å². The third kappa shape index (κ3) is 9.48. The molecule has 16 heteroatoms. The van der Waals surface area contributed by atoms with Gasteiger partial charge in [0.15, 0.2) is 0 Å². The number of carbonyl (C=O) groups is 2. The molecule has 7 nitrogen and oxygen atoms in total. The summed E-state index contributed by atoms with van der Waals surface area (Å²) in [7, 11) is 0.384. The number of carbonyl (C=O) groups excluding carboxylic acids is 2. The fraction of sp³-hybridized carbons (Fsp3) is 0.194. The van der Waals surface area contributed by atoms with E-state index in [0.717, 1.165) is 28.4 Å². The van der Waals surface area contributed by atoms with Crippen LogP contribution in [0, 0.1) is 17.7 Å². The Morgan fingerprint density at radius 2 is 1.73 bits per heavy atom. The van der Waals surface area contributed by atoms with Crippen molar-refractivity contribution in [3.05, 3.63) is 130 Å². The molecule has 52 heavy (non-hydrogen) atoms. The topological polar surface area (TPSA) is 82.5 Å². The molecule has 2 aromatic heterocycles. The van der Waals surface area contributed by atoms with Gasteiger partial charge in [-0.25, -0.2) is 9.38 Å². The van der Waals surface area contributed by atoms with Gasteiger partial charge < -0.3 is 24.0 Å². The Kier molecular flexibility index (Phi) is 11.5. The molecule has 0 unspecified atom stereocenters. The summed E-state index contributed by atoms with van der Waals surface area (Å²) in [5.41, 5.74) is -0.559. The van der Waals surface area contributed by atoms with Crippen molar-refractivity contribution >= 4 is 37.0 Å². The number of hydrogen-bond acceptors (Lipinski definition) is 3. The summed E-state index contributed by atoms with van der Waals surface area (Å²) in [6.07, 6.45) is -3.92. The minimum Gasteiger partial charge on any atom is -0.362 e. The van der Waals surface area contributed by atoms with Gasteiger partial charge >= 0.3 is 20.0 Å². The Morgan fingerprint density at radius 1 is 0.962 bits per heavy atom. The molecule has 0 saturated heterocycles. The quantitative estimate of drug-likeness (QED) is 0.0987. The number of H-pyrrole nitrogens is 1. The zero-order chi connectivity index (χ0) is 37.5. The van der Waals surface area contributed by atoms with Crippen molar-refractivity contribution < 1.29 is 44.6 Å². The molecule has 0 aliphatic carbocycles. The predicted octanol–water partition coefficient (Wildman–Crippen LogP) is 7.07. The van der Waals surface area contributed by atoms with Crippen molar-refractivity contribution in [3.63, 3.8) is 0 Å². The monoisotopic (exact) mass is 724 g/mol. The van der Waals surface area contributed by atoms with Gasteiger partial charge in [-0.1, -0.05) is 17.9 Å². The maximum Gasteiger partial charge on any atom is 0.495 e. The maximum atomic E-state index is 13.9. The van der Waals surface area contributed by atoms with Crippen molar-refractivity contribution in [2.75, 3.05) is 18.0 Å². The first-order valence-electron chi connectivity index (χ1n) is 15.5. The highest BCUT2D eigenvalue weighted by molar-refractivity contribution is 6.25. The first-order valence-corrected chi connectivity index (χ1v) is 15.5. The maximum absolute atomic E-state index is 13.9. The molecular formula is C36H27BF8N5O2. The molecule has 4 aromatic rings. The largest absolute Gasteiger partial charge is 0.495 e. The molecule has 2 amide bonds. The standard InChI is InChI=1S/C36H27BF8N5O2/c38-25-7-10-27(11-8-25)49(34(52)20-23-5-6-24(35(39,40)41)21-30(23)36(42,43)44)19-2-1-17-47-33(51)16-14-28-12-13-29(50(28)37-45)22-26-9-15-32(48-26)31-4-3-18-46-31/h3-13,15,18,21-22,46H,14,16-17,19-20H2,(H,47,51)/b26-22-. The zero-order valence-corrected chi connectivity index (χ0v) is 27.0. The molecule has 5 rings (SSSR count). The second-order valence-electron chi connectivity index (χ2n) is 11.3. The number of nitrogens with one attached hydrogen (secondary N) is 2. The Labute approximate surface area is 293 Å². The number of rotatable bonds is 11. The van der Waals surface area contributed by atoms with Gasteiger partial charge in [-0.15, -0.1) is 0 Å². The lowest BCUT2D eigenvalue weighted by molar-refractivity contribution is -0.143. The van der Waals surface area contributed by atoms with Crippen LogP contribution in [0.25, 0.3) is 6.08 Å². The number of aromatic amines is 1. The van der Waals surface area contributed by atoms with Crippen molar-refractivity contribution in [1.29, 1.82) is 0 Å². The number of nitrogens with zero attached hydrogens (tertiary/aromatic N) is 3. The van der Waals surface area contributed by atoms with Gasteiger partial charge in [0.25, 0.3) is 0 Å². The molecule has 3 heterocycles. The van der Waals surface area contributed by atoms with Gasteiger partial charge in [-0.05, 0) is 90.9 Å². The molecule has 0 bridgehead atoms. The second kappa shape index (κ2) is 16.0. The van der Waals surface area contributed by atoms with E-state index in [1.807, 2.05) is 18.2 Å². The van der Waals surface area contributed by atoms with Crippen LogP contribution in [0.5, 0.6) is 0 Å². The third-order valence-corrected chi connectivity index (χ3v) is 7.83. The van der Waals surface area contributed by atoms with E-state index >= 15 is 0 Å². The summed E-state index contributed by atoms with van der Waals surface area (Å²) in [6, 6.07) is 12.5. The Bertz CT molecular complexity index is 2070. The molecule has 2 aromatic carbocycles. The van der Waals surface area contributed by atoms with Gasteiger partial charge in [0.1, 0.15) is 5.82 Å². The van der Waals surface area contributed by atoms with Crippen molar-refractivity contribution in [2.45, 2.75) is 31.6 Å². The number of hydrogen-bond donors (Lipinski definition) is 2. The minimum absolute atomic E-state index is 0.0283. The normalized spacial score (nSPS) is 13.5. The third-order valence-electron chi connectivity index (χ3n) is 7.83. The van der Waals surface area contributed by atoms with Crippen LogP contribution in [0.15, 0.2) is 95.8 Å². The fourth-order valence-corrected chi connectivity index (χ4v) is 5.24. The molecular weight excluding hydrogens is 697 g/mol. The summed E-state index contributed by atoms with van der Waals surface area (Å²) in [6.45, 7) is -0.575. The van der Waals surface area contributed by atoms with E-state index in [4.69, 9.17) is 0 Å². The van der Waals surface area contributed by atoms with E-state index in [2.05, 4.69) is 27.1 Å². The number of aromatic nitrogens is 2. The summed E-state index contributed by atoms with van der Waals surface area (Å²) in [5, 5.41) is 2.57. The van der Waals surface area contributed by atoms with E-state index in [9.17, 15) is 44.6 Å². The molecule has 0 atom stereocenters. The lowest BCUT2D eigenvalue weighted by Crippen LogP contribution is -2.33. The number of aryl methyl sites for hydroxylation is 1. The SMILES string of the molecule is O=C(CCc1ccc(/C=C2/C=CC(c3ccc[nH]3)=N2)n1[B]F)NCC#CCN(C(=O)Cc1ccc(C(F)(F)F)cc1C(F)(F)F)c1ccc(F)cc1. The predicted molar refractivity (Wildman–Crippen MR) is 179 cm³/mol. The minimum atomic E-state index is -5.18. The highest BCUT2D eigenvalue weighted by Crippen LogP contribution is 2.37. The Morgan fingerprint density at radius 3 is 2.40 bits per heavy atom. The molecule has 0 spiro atoms. The van der Waals surface area contributed by atoms with Crippen molar-refractivity contribution in [2.24, 2.45) is 4.99 Å². The highest BCUT2D eigenvalue weighted by atomic mass is 19.4. The van der Waals surface area contributed by atoms with E-state index in [1.165, 1.54) is 16.6 Å². The van der Waals surface area contributed by atoms with Crippen LogP contribution < -0.4 is 10.2 Å². The van der Waals surface area contributed by atoms with Gasteiger partial charge in [-0.2, -0.15) is 26.3 Å². The number of halogens is 8. The Hall–Kier alpha value is -5.85. The Balaban J connectivity index is 1.19. The van der Waals surface area contributed by atoms with Crippen LogP contribution in [0.1, 0.15) is 40.2 Å². The van der Waals surface area contributed by atoms with Crippen LogP contribution in [0.2, 0.25) is 0 Å². The van der Waals surface area contributed by atoms with E-state index in [0.29, 0.717) is 36.9 Å². The van der Waals surface area contributed by atoms with Gasteiger partial charge in [-0.3, -0.25) is 9.59 Å². The van der Waals surface area contributed by atoms with Crippen LogP contribution in [0.4, 0.5) is 40.7 Å². The van der Waals surface area contributed by atoms with E-state index in [1.54, 1.807) is 30.5 Å². The summed E-state index contributed by atoms with van der Waals surface area (Å²) in [4.78, 5) is 34.3. The molecule has 1 aliphatic rings. The van der Waals surface area contributed by atoms with Crippen LogP contribution in [-0.4, -0.2) is 47.8 Å². The molecule has 267 valence electrons. The molecule has 0 saturated carbocycles. The lowest BCUT2D eigenvalue weighted by atomic mass is 10.00. The zero-order valence-electron chi connectivity index (χ0n) is 27.0.